The van der Waals surface area contributed by atoms with Crippen LogP contribution in [-0.4, -0.2) is 18.0 Å². The molecule has 3 aromatic carbocycles. The first-order valence-corrected chi connectivity index (χ1v) is 7.73. The van der Waals surface area contributed by atoms with Crippen LogP contribution in [0, 0.1) is 6.92 Å². The molecule has 0 unspecified atom stereocenters. The fourth-order valence-corrected chi connectivity index (χ4v) is 2.61. The number of aliphatic imine (C=N–C) groups is 1. The minimum atomic E-state index is 0.0499. The Balaban J connectivity index is 1.79. The smallest absolute Gasteiger partial charge is 0.184 e. The summed E-state index contributed by atoms with van der Waals surface area (Å²) >= 11 is 0. The number of nitrogens with zero attached hydrogens (tertiary/aromatic N) is 1. The molecular formula is C21H19NO. The average molecular weight is 301 g/mol. The first kappa shape index (κ1) is 15.2. The number of hydrogen-bond acceptors (Lipinski definition) is 2. The number of rotatable bonds is 4. The summed E-state index contributed by atoms with van der Waals surface area (Å²) < 4.78 is 0. The summed E-state index contributed by atoms with van der Waals surface area (Å²) in [4.78, 5) is 16.7. The zero-order chi connectivity index (χ0) is 16.2. The third-order valence-electron chi connectivity index (χ3n) is 3.97. The van der Waals surface area contributed by atoms with Gasteiger partial charge in [-0.15, -0.1) is 0 Å². The van der Waals surface area contributed by atoms with Crippen LogP contribution in [0.1, 0.15) is 28.4 Å². The first-order valence-electron chi connectivity index (χ1n) is 7.73. The van der Waals surface area contributed by atoms with E-state index in [0.717, 1.165) is 22.4 Å². The van der Waals surface area contributed by atoms with Gasteiger partial charge in [-0.25, -0.2) is 0 Å². The van der Waals surface area contributed by atoms with Gasteiger partial charge in [-0.2, -0.15) is 0 Å². The molecule has 0 saturated heterocycles. The number of Topliss-reactive ketones (excluding diaryl/α,β-unsaturated/α-hetero) is 1. The molecule has 2 heteroatoms. The Kier molecular flexibility index (Phi) is 4.33. The molecule has 0 heterocycles. The van der Waals surface area contributed by atoms with Gasteiger partial charge >= 0.3 is 0 Å². The van der Waals surface area contributed by atoms with Crippen molar-refractivity contribution in [3.8, 4) is 0 Å². The van der Waals surface area contributed by atoms with Crippen molar-refractivity contribution in [2.75, 3.05) is 6.54 Å². The zero-order valence-corrected chi connectivity index (χ0v) is 13.4. The Hall–Kier alpha value is -2.74. The summed E-state index contributed by atoms with van der Waals surface area (Å²) in [5.41, 5.74) is 3.75. The summed E-state index contributed by atoms with van der Waals surface area (Å²) in [5, 5.41) is 2.39. The van der Waals surface area contributed by atoms with Crippen LogP contribution in [0.5, 0.6) is 0 Å². The van der Waals surface area contributed by atoms with Gasteiger partial charge in [-0.1, -0.05) is 60.2 Å². The van der Waals surface area contributed by atoms with E-state index in [2.05, 4.69) is 35.3 Å². The van der Waals surface area contributed by atoms with E-state index in [1.807, 2.05) is 50.2 Å². The van der Waals surface area contributed by atoms with E-state index in [-0.39, 0.29) is 12.3 Å². The fourth-order valence-electron chi connectivity index (χ4n) is 2.61. The molecule has 0 atom stereocenters. The molecule has 0 aliphatic carbocycles. The van der Waals surface area contributed by atoms with Crippen LogP contribution >= 0.6 is 0 Å². The van der Waals surface area contributed by atoms with E-state index in [9.17, 15) is 4.79 Å². The Bertz CT molecular complexity index is 893. The summed E-state index contributed by atoms with van der Waals surface area (Å²) in [6, 6.07) is 22.1. The van der Waals surface area contributed by atoms with Crippen LogP contribution < -0.4 is 0 Å². The normalized spacial score (nSPS) is 11.7. The van der Waals surface area contributed by atoms with Gasteiger partial charge in [0.1, 0.15) is 6.54 Å². The van der Waals surface area contributed by atoms with Crippen LogP contribution in [0.15, 0.2) is 71.7 Å². The zero-order valence-electron chi connectivity index (χ0n) is 13.4. The second-order valence-electron chi connectivity index (χ2n) is 5.76. The molecule has 2 nitrogen and oxygen atoms in total. The maximum absolute atomic E-state index is 12.2. The molecule has 0 bridgehead atoms. The second kappa shape index (κ2) is 6.57. The van der Waals surface area contributed by atoms with Gasteiger partial charge in [0.25, 0.3) is 0 Å². The number of carbonyl (C=O) groups is 1. The first-order chi connectivity index (χ1) is 11.1. The van der Waals surface area contributed by atoms with Crippen molar-refractivity contribution in [3.05, 3.63) is 83.4 Å². The van der Waals surface area contributed by atoms with Crippen LogP contribution in [-0.2, 0) is 0 Å². The SMILES string of the molecule is CC(=NCC(=O)c1cccc(C)c1)c1ccc2ccccc2c1. The van der Waals surface area contributed by atoms with Crippen molar-refractivity contribution in [1.82, 2.24) is 0 Å². The molecule has 0 amide bonds. The van der Waals surface area contributed by atoms with Crippen LogP contribution in [0.4, 0.5) is 0 Å². The summed E-state index contributed by atoms with van der Waals surface area (Å²) in [5.74, 6) is 0.0499. The number of benzene rings is 3. The van der Waals surface area contributed by atoms with Crippen molar-refractivity contribution in [3.63, 3.8) is 0 Å². The Morgan fingerprint density at radius 1 is 0.870 bits per heavy atom. The van der Waals surface area contributed by atoms with Gasteiger partial charge in [0.15, 0.2) is 5.78 Å². The monoisotopic (exact) mass is 301 g/mol. The predicted octanol–water partition coefficient (Wildman–Crippen LogP) is 4.84. The van der Waals surface area contributed by atoms with Gasteiger partial charge in [0.05, 0.1) is 0 Å². The lowest BCUT2D eigenvalue weighted by Crippen LogP contribution is -2.06. The highest BCUT2D eigenvalue weighted by atomic mass is 16.1. The second-order valence-corrected chi connectivity index (χ2v) is 5.76. The number of ketones is 1. The summed E-state index contributed by atoms with van der Waals surface area (Å²) in [7, 11) is 0. The molecule has 3 rings (SSSR count). The number of carbonyl (C=O) groups excluding carboxylic acids is 1. The lowest BCUT2D eigenvalue weighted by Gasteiger charge is -2.04. The van der Waals surface area contributed by atoms with E-state index < -0.39 is 0 Å². The van der Waals surface area contributed by atoms with E-state index in [1.165, 1.54) is 10.8 Å². The molecule has 3 aromatic rings. The number of aryl methyl sites for hydroxylation is 1. The van der Waals surface area contributed by atoms with Crippen molar-refractivity contribution in [1.29, 1.82) is 0 Å². The molecular weight excluding hydrogens is 282 g/mol. The quantitative estimate of drug-likeness (QED) is 0.501. The van der Waals surface area contributed by atoms with E-state index >= 15 is 0 Å². The minimum absolute atomic E-state index is 0.0499. The van der Waals surface area contributed by atoms with Crippen LogP contribution in [0.2, 0.25) is 0 Å². The molecule has 0 spiro atoms. The number of hydrogen-bond donors (Lipinski definition) is 0. The fraction of sp³-hybridized carbons (Fsp3) is 0.143. The van der Waals surface area contributed by atoms with E-state index in [4.69, 9.17) is 0 Å². The molecule has 0 fully saturated rings. The molecule has 0 radical (unpaired) electrons. The van der Waals surface area contributed by atoms with Gasteiger partial charge in [-0.05, 0) is 42.3 Å². The maximum Gasteiger partial charge on any atom is 0.184 e. The molecule has 0 aromatic heterocycles. The molecule has 114 valence electrons. The molecule has 0 aliphatic heterocycles. The summed E-state index contributed by atoms with van der Waals surface area (Å²) in [6.07, 6.45) is 0. The van der Waals surface area contributed by atoms with Crippen molar-refractivity contribution >= 4 is 22.3 Å². The molecule has 0 saturated carbocycles. The van der Waals surface area contributed by atoms with Crippen molar-refractivity contribution in [2.45, 2.75) is 13.8 Å². The number of fused-ring (bicyclic) bond motifs is 1. The lowest BCUT2D eigenvalue weighted by atomic mass is 10.0. The van der Waals surface area contributed by atoms with Gasteiger partial charge < -0.3 is 0 Å². The van der Waals surface area contributed by atoms with Gasteiger partial charge in [0, 0.05) is 11.3 Å². The maximum atomic E-state index is 12.2. The van der Waals surface area contributed by atoms with Crippen LogP contribution in [0.25, 0.3) is 10.8 Å². The Morgan fingerprint density at radius 3 is 2.43 bits per heavy atom. The third kappa shape index (κ3) is 3.54. The standard InChI is InChI=1S/C21H19NO/c1-15-6-5-9-20(12-15)21(23)14-22-16(2)18-11-10-17-7-3-4-8-19(17)13-18/h3-13H,14H2,1-2H3. The molecule has 0 aliphatic rings. The van der Waals surface area contributed by atoms with Gasteiger partial charge in [-0.3, -0.25) is 9.79 Å². The summed E-state index contributed by atoms with van der Waals surface area (Å²) in [6.45, 7) is 4.12. The Labute approximate surface area is 136 Å². The topological polar surface area (TPSA) is 29.4 Å². The van der Waals surface area contributed by atoms with Crippen LogP contribution in [0.3, 0.4) is 0 Å². The average Bonchev–Trinajstić information content (AvgIpc) is 2.59. The highest BCUT2D eigenvalue weighted by Crippen LogP contribution is 2.16. The molecule has 23 heavy (non-hydrogen) atoms. The largest absolute Gasteiger partial charge is 0.292 e. The molecule has 0 N–H and O–H groups in total. The van der Waals surface area contributed by atoms with Gasteiger partial charge in [0.2, 0.25) is 0 Å². The van der Waals surface area contributed by atoms with Crippen molar-refractivity contribution in [2.24, 2.45) is 4.99 Å². The van der Waals surface area contributed by atoms with E-state index in [0.29, 0.717) is 0 Å². The highest BCUT2D eigenvalue weighted by Gasteiger charge is 2.06. The van der Waals surface area contributed by atoms with E-state index in [1.54, 1.807) is 0 Å². The predicted molar refractivity (Wildman–Crippen MR) is 96.5 cm³/mol. The minimum Gasteiger partial charge on any atom is -0.292 e. The Morgan fingerprint density at radius 2 is 1.65 bits per heavy atom. The third-order valence-corrected chi connectivity index (χ3v) is 3.97. The van der Waals surface area contributed by atoms with Crippen molar-refractivity contribution < 1.29 is 4.79 Å². The lowest BCUT2D eigenvalue weighted by molar-refractivity contribution is 0.100. The highest BCUT2D eigenvalue weighted by molar-refractivity contribution is 6.04.